The summed E-state index contributed by atoms with van der Waals surface area (Å²) in [6.07, 6.45) is 0. The van der Waals surface area contributed by atoms with Crippen LogP contribution in [0.5, 0.6) is 0 Å². The first-order chi connectivity index (χ1) is 5.81. The standard InChI is InChI=1S/C8H18ClNO2/c1-8(7-9)10-3-4-12-6-5-11-2/h8,10H,3-7H2,1-2H3. The molecule has 0 saturated carbocycles. The van der Waals surface area contributed by atoms with Gasteiger partial charge in [0.15, 0.2) is 0 Å². The number of nitrogens with one attached hydrogen (secondary N) is 1. The molecule has 1 atom stereocenters. The summed E-state index contributed by atoms with van der Waals surface area (Å²) in [7, 11) is 1.66. The average molecular weight is 196 g/mol. The summed E-state index contributed by atoms with van der Waals surface area (Å²) < 4.78 is 10.1. The number of alkyl halides is 1. The number of halogens is 1. The van der Waals surface area contributed by atoms with Crippen LogP contribution in [0.15, 0.2) is 0 Å². The Balaban J connectivity index is 2.90. The van der Waals surface area contributed by atoms with Gasteiger partial charge in [0, 0.05) is 25.6 Å². The second-order valence-electron chi connectivity index (χ2n) is 2.61. The highest BCUT2D eigenvalue weighted by Gasteiger charge is 1.96. The lowest BCUT2D eigenvalue weighted by Crippen LogP contribution is -2.30. The van der Waals surface area contributed by atoms with Crippen molar-refractivity contribution in [3.8, 4) is 0 Å². The maximum absolute atomic E-state index is 5.59. The largest absolute Gasteiger partial charge is 0.382 e. The van der Waals surface area contributed by atoms with Gasteiger partial charge in [-0.15, -0.1) is 11.6 Å². The van der Waals surface area contributed by atoms with Crippen LogP contribution in [0.25, 0.3) is 0 Å². The van der Waals surface area contributed by atoms with E-state index in [0.29, 0.717) is 31.7 Å². The molecule has 0 aromatic heterocycles. The highest BCUT2D eigenvalue weighted by atomic mass is 35.5. The molecule has 0 aromatic carbocycles. The van der Waals surface area contributed by atoms with E-state index in [1.54, 1.807) is 7.11 Å². The molecule has 0 rings (SSSR count). The smallest absolute Gasteiger partial charge is 0.0700 e. The topological polar surface area (TPSA) is 30.5 Å². The van der Waals surface area contributed by atoms with Crippen molar-refractivity contribution in [2.45, 2.75) is 13.0 Å². The van der Waals surface area contributed by atoms with Crippen LogP contribution in [0.1, 0.15) is 6.92 Å². The first-order valence-corrected chi connectivity index (χ1v) is 4.70. The molecule has 12 heavy (non-hydrogen) atoms. The Bertz CT molecular complexity index is 93.1. The number of rotatable bonds is 8. The van der Waals surface area contributed by atoms with E-state index in [9.17, 15) is 0 Å². The van der Waals surface area contributed by atoms with Gasteiger partial charge in [-0.3, -0.25) is 0 Å². The van der Waals surface area contributed by atoms with Gasteiger partial charge in [0.05, 0.1) is 19.8 Å². The quantitative estimate of drug-likeness (QED) is 0.461. The zero-order valence-corrected chi connectivity index (χ0v) is 8.56. The Kier molecular flexibility index (Phi) is 9.39. The summed E-state index contributed by atoms with van der Waals surface area (Å²) in [6.45, 7) is 4.92. The molecule has 1 unspecified atom stereocenters. The number of hydrogen-bond donors (Lipinski definition) is 1. The Morgan fingerprint density at radius 3 is 2.67 bits per heavy atom. The van der Waals surface area contributed by atoms with Crippen molar-refractivity contribution in [1.29, 1.82) is 0 Å². The molecular weight excluding hydrogens is 178 g/mol. The van der Waals surface area contributed by atoms with Crippen LogP contribution in [0, 0.1) is 0 Å². The van der Waals surface area contributed by atoms with Crippen molar-refractivity contribution >= 4 is 11.6 Å². The summed E-state index contributed by atoms with van der Waals surface area (Å²) in [5.41, 5.74) is 0. The first-order valence-electron chi connectivity index (χ1n) is 4.17. The molecular formula is C8H18ClNO2. The number of ether oxygens (including phenoxy) is 2. The lowest BCUT2D eigenvalue weighted by Gasteiger charge is -2.09. The maximum atomic E-state index is 5.59. The molecule has 3 nitrogen and oxygen atoms in total. The predicted molar refractivity (Wildman–Crippen MR) is 50.9 cm³/mol. The molecule has 1 N–H and O–H groups in total. The normalized spacial score (nSPS) is 13.2. The van der Waals surface area contributed by atoms with Crippen LogP contribution in [0.2, 0.25) is 0 Å². The van der Waals surface area contributed by atoms with Gasteiger partial charge in [0.25, 0.3) is 0 Å². The Labute approximate surface area is 79.4 Å². The molecule has 0 aliphatic carbocycles. The van der Waals surface area contributed by atoms with E-state index in [1.807, 2.05) is 6.92 Å². The van der Waals surface area contributed by atoms with Crippen molar-refractivity contribution in [3.05, 3.63) is 0 Å². The highest BCUT2D eigenvalue weighted by molar-refractivity contribution is 6.18. The van der Waals surface area contributed by atoms with Crippen molar-refractivity contribution in [3.63, 3.8) is 0 Å². The van der Waals surface area contributed by atoms with Gasteiger partial charge in [-0.25, -0.2) is 0 Å². The summed E-state index contributed by atoms with van der Waals surface area (Å²) in [4.78, 5) is 0. The fourth-order valence-electron chi connectivity index (χ4n) is 0.676. The van der Waals surface area contributed by atoms with Gasteiger partial charge in [-0.05, 0) is 6.92 Å². The summed E-state index contributed by atoms with van der Waals surface area (Å²) in [5.74, 6) is 0.637. The number of methoxy groups -OCH3 is 1. The van der Waals surface area contributed by atoms with Crippen LogP contribution in [0.3, 0.4) is 0 Å². The Morgan fingerprint density at radius 2 is 2.08 bits per heavy atom. The second-order valence-corrected chi connectivity index (χ2v) is 2.92. The van der Waals surface area contributed by atoms with E-state index in [0.717, 1.165) is 6.54 Å². The molecule has 74 valence electrons. The molecule has 4 heteroatoms. The summed E-state index contributed by atoms with van der Waals surface area (Å²) in [5, 5.41) is 3.21. The molecule has 0 heterocycles. The minimum absolute atomic E-state index is 0.359. The molecule has 0 amide bonds. The van der Waals surface area contributed by atoms with E-state index in [-0.39, 0.29) is 0 Å². The second kappa shape index (κ2) is 9.26. The van der Waals surface area contributed by atoms with Crippen LogP contribution >= 0.6 is 11.6 Å². The molecule has 0 aromatic rings. The van der Waals surface area contributed by atoms with Gasteiger partial charge < -0.3 is 14.8 Å². The highest BCUT2D eigenvalue weighted by Crippen LogP contribution is 1.84. The van der Waals surface area contributed by atoms with Crippen LogP contribution in [-0.4, -0.2) is 45.4 Å². The third-order valence-corrected chi connectivity index (χ3v) is 1.87. The van der Waals surface area contributed by atoms with Gasteiger partial charge in [-0.2, -0.15) is 0 Å². The van der Waals surface area contributed by atoms with Gasteiger partial charge >= 0.3 is 0 Å². The Hall–Kier alpha value is 0.170. The van der Waals surface area contributed by atoms with E-state index in [1.165, 1.54) is 0 Å². The third-order valence-electron chi connectivity index (χ3n) is 1.40. The molecule has 0 bridgehead atoms. The van der Waals surface area contributed by atoms with Crippen LogP contribution in [-0.2, 0) is 9.47 Å². The lowest BCUT2D eigenvalue weighted by atomic mass is 10.4. The van der Waals surface area contributed by atoms with Crippen LogP contribution in [0.4, 0.5) is 0 Å². The maximum Gasteiger partial charge on any atom is 0.0700 e. The van der Waals surface area contributed by atoms with E-state index < -0.39 is 0 Å². The summed E-state index contributed by atoms with van der Waals surface area (Å²) in [6, 6.07) is 0.359. The minimum atomic E-state index is 0.359. The summed E-state index contributed by atoms with van der Waals surface area (Å²) >= 11 is 5.59. The average Bonchev–Trinajstić information content (AvgIpc) is 2.10. The zero-order chi connectivity index (χ0) is 9.23. The van der Waals surface area contributed by atoms with Gasteiger partial charge in [0.2, 0.25) is 0 Å². The SMILES string of the molecule is COCCOCCNC(C)CCl. The third kappa shape index (κ3) is 8.27. The molecule has 0 spiro atoms. The van der Waals surface area contributed by atoms with Crippen molar-refractivity contribution in [2.75, 3.05) is 39.4 Å². The molecule has 0 aliphatic heterocycles. The monoisotopic (exact) mass is 195 g/mol. The fraction of sp³-hybridized carbons (Fsp3) is 1.00. The zero-order valence-electron chi connectivity index (χ0n) is 7.81. The lowest BCUT2D eigenvalue weighted by molar-refractivity contribution is 0.0714. The van der Waals surface area contributed by atoms with E-state index in [4.69, 9.17) is 21.1 Å². The Morgan fingerprint density at radius 1 is 1.33 bits per heavy atom. The molecule has 0 radical (unpaired) electrons. The van der Waals surface area contributed by atoms with Crippen LogP contribution < -0.4 is 5.32 Å². The van der Waals surface area contributed by atoms with Crippen molar-refractivity contribution in [2.24, 2.45) is 0 Å². The minimum Gasteiger partial charge on any atom is -0.382 e. The van der Waals surface area contributed by atoms with Gasteiger partial charge in [0.1, 0.15) is 0 Å². The van der Waals surface area contributed by atoms with Crippen molar-refractivity contribution < 1.29 is 9.47 Å². The predicted octanol–water partition coefficient (Wildman–Crippen LogP) is 0.866. The number of hydrogen-bond acceptors (Lipinski definition) is 3. The van der Waals surface area contributed by atoms with E-state index >= 15 is 0 Å². The molecule has 0 aliphatic rings. The fourth-order valence-corrected chi connectivity index (χ4v) is 0.785. The van der Waals surface area contributed by atoms with Gasteiger partial charge in [-0.1, -0.05) is 0 Å². The first kappa shape index (κ1) is 12.2. The molecule has 0 fully saturated rings. The van der Waals surface area contributed by atoms with Crippen molar-refractivity contribution in [1.82, 2.24) is 5.32 Å². The molecule has 0 saturated heterocycles. The van der Waals surface area contributed by atoms with E-state index in [2.05, 4.69) is 5.32 Å².